The van der Waals surface area contributed by atoms with Crippen LogP contribution in [0.4, 0.5) is 0 Å². The van der Waals surface area contributed by atoms with E-state index in [-0.39, 0.29) is 24.9 Å². The van der Waals surface area contributed by atoms with Gasteiger partial charge in [0.25, 0.3) is 0 Å². The molecule has 2 N–H and O–H groups in total. The first-order valence-corrected chi connectivity index (χ1v) is 9.37. The Morgan fingerprint density at radius 3 is 2.58 bits per heavy atom. The van der Waals surface area contributed by atoms with E-state index in [0.29, 0.717) is 24.7 Å². The SMILES string of the molecule is C#Cc1ccc(C2CC(O)CC(CO)O2)cc1OC1CCC(OC)CC1. The number of hydrogen-bond acceptors (Lipinski definition) is 5. The molecular weight excluding hydrogens is 332 g/mol. The quantitative estimate of drug-likeness (QED) is 0.790. The second-order valence-corrected chi connectivity index (χ2v) is 7.21. The van der Waals surface area contributed by atoms with E-state index in [9.17, 15) is 10.2 Å². The number of aliphatic hydroxyl groups excluding tert-OH is 2. The van der Waals surface area contributed by atoms with Gasteiger partial charge in [-0.15, -0.1) is 6.42 Å². The molecule has 3 rings (SSSR count). The molecule has 0 spiro atoms. The smallest absolute Gasteiger partial charge is 0.135 e. The van der Waals surface area contributed by atoms with Crippen LogP contribution < -0.4 is 4.74 Å². The molecule has 2 aliphatic rings. The molecule has 1 aromatic rings. The van der Waals surface area contributed by atoms with Crippen LogP contribution in [0.2, 0.25) is 0 Å². The molecule has 1 heterocycles. The van der Waals surface area contributed by atoms with Crippen molar-refractivity contribution in [3.8, 4) is 18.1 Å². The second kappa shape index (κ2) is 8.88. The molecule has 5 nitrogen and oxygen atoms in total. The molecule has 0 aromatic heterocycles. The summed E-state index contributed by atoms with van der Waals surface area (Å²) in [6, 6.07) is 5.71. The zero-order chi connectivity index (χ0) is 18.5. The Kier molecular flexibility index (Phi) is 6.55. The van der Waals surface area contributed by atoms with E-state index in [1.165, 1.54) is 0 Å². The van der Waals surface area contributed by atoms with Crippen molar-refractivity contribution in [2.45, 2.75) is 69.0 Å². The van der Waals surface area contributed by atoms with E-state index in [4.69, 9.17) is 20.6 Å². The fourth-order valence-corrected chi connectivity index (χ4v) is 3.84. The topological polar surface area (TPSA) is 68.2 Å². The predicted molar refractivity (Wildman–Crippen MR) is 98.0 cm³/mol. The summed E-state index contributed by atoms with van der Waals surface area (Å²) in [5, 5.41) is 19.4. The van der Waals surface area contributed by atoms with Gasteiger partial charge in [-0.05, 0) is 43.4 Å². The molecule has 142 valence electrons. The van der Waals surface area contributed by atoms with E-state index in [1.807, 2.05) is 18.2 Å². The van der Waals surface area contributed by atoms with Gasteiger partial charge < -0.3 is 24.4 Å². The molecule has 3 atom stereocenters. The van der Waals surface area contributed by atoms with E-state index in [0.717, 1.165) is 36.8 Å². The molecule has 1 saturated heterocycles. The summed E-state index contributed by atoms with van der Waals surface area (Å²) in [5.41, 5.74) is 1.64. The van der Waals surface area contributed by atoms with Gasteiger partial charge in [0.2, 0.25) is 0 Å². The molecule has 2 fully saturated rings. The summed E-state index contributed by atoms with van der Waals surface area (Å²) < 4.78 is 17.5. The minimum Gasteiger partial charge on any atom is -0.489 e. The maximum absolute atomic E-state index is 10.1. The zero-order valence-corrected chi connectivity index (χ0v) is 15.3. The maximum Gasteiger partial charge on any atom is 0.135 e. The van der Waals surface area contributed by atoms with Crippen molar-refractivity contribution in [2.75, 3.05) is 13.7 Å². The van der Waals surface area contributed by atoms with E-state index < -0.39 is 6.10 Å². The lowest BCUT2D eigenvalue weighted by atomic mass is 9.94. The van der Waals surface area contributed by atoms with Crippen molar-refractivity contribution in [3.63, 3.8) is 0 Å². The van der Waals surface area contributed by atoms with E-state index >= 15 is 0 Å². The Bertz CT molecular complexity index is 630. The summed E-state index contributed by atoms with van der Waals surface area (Å²) >= 11 is 0. The number of methoxy groups -OCH3 is 1. The highest BCUT2D eigenvalue weighted by atomic mass is 16.5. The minimum absolute atomic E-state index is 0.0951. The average molecular weight is 360 g/mol. The number of rotatable bonds is 5. The lowest BCUT2D eigenvalue weighted by Gasteiger charge is -2.33. The highest BCUT2D eigenvalue weighted by Gasteiger charge is 2.30. The summed E-state index contributed by atoms with van der Waals surface area (Å²) in [5.74, 6) is 3.37. The van der Waals surface area contributed by atoms with Gasteiger partial charge in [-0.2, -0.15) is 0 Å². The van der Waals surface area contributed by atoms with Crippen LogP contribution in [0.1, 0.15) is 55.8 Å². The third-order valence-electron chi connectivity index (χ3n) is 5.36. The van der Waals surface area contributed by atoms with Gasteiger partial charge in [0.15, 0.2) is 0 Å². The van der Waals surface area contributed by atoms with Crippen LogP contribution in [-0.2, 0) is 9.47 Å². The first-order chi connectivity index (χ1) is 12.6. The summed E-state index contributed by atoms with van der Waals surface area (Å²) in [4.78, 5) is 0. The molecule has 1 saturated carbocycles. The van der Waals surface area contributed by atoms with E-state index in [1.54, 1.807) is 7.11 Å². The lowest BCUT2D eigenvalue weighted by Crippen LogP contribution is -2.33. The Morgan fingerprint density at radius 2 is 1.92 bits per heavy atom. The highest BCUT2D eigenvalue weighted by Crippen LogP contribution is 2.35. The molecule has 26 heavy (non-hydrogen) atoms. The van der Waals surface area contributed by atoms with E-state index in [2.05, 4.69) is 5.92 Å². The zero-order valence-electron chi connectivity index (χ0n) is 15.3. The third-order valence-corrected chi connectivity index (χ3v) is 5.36. The van der Waals surface area contributed by atoms with Crippen LogP contribution in [0.25, 0.3) is 0 Å². The van der Waals surface area contributed by atoms with Gasteiger partial charge in [0.05, 0.1) is 42.7 Å². The number of ether oxygens (including phenoxy) is 3. The fraction of sp³-hybridized carbons (Fsp3) is 0.619. The van der Waals surface area contributed by atoms with Crippen molar-refractivity contribution in [2.24, 2.45) is 0 Å². The van der Waals surface area contributed by atoms with Crippen molar-refractivity contribution < 1.29 is 24.4 Å². The Labute approximate surface area is 155 Å². The average Bonchev–Trinajstić information content (AvgIpc) is 2.68. The number of hydrogen-bond donors (Lipinski definition) is 2. The molecule has 1 aliphatic heterocycles. The van der Waals surface area contributed by atoms with Crippen LogP contribution in [0.3, 0.4) is 0 Å². The normalized spacial score (nSPS) is 32.0. The third kappa shape index (κ3) is 4.57. The second-order valence-electron chi connectivity index (χ2n) is 7.21. The first-order valence-electron chi connectivity index (χ1n) is 9.37. The monoisotopic (exact) mass is 360 g/mol. The summed E-state index contributed by atoms with van der Waals surface area (Å²) in [6.07, 6.45) is 9.82. The van der Waals surface area contributed by atoms with Crippen molar-refractivity contribution in [1.29, 1.82) is 0 Å². The van der Waals surface area contributed by atoms with Crippen LogP contribution in [-0.4, -0.2) is 48.3 Å². The largest absolute Gasteiger partial charge is 0.489 e. The van der Waals surface area contributed by atoms with Gasteiger partial charge in [-0.1, -0.05) is 12.0 Å². The molecule has 5 heteroatoms. The Morgan fingerprint density at radius 1 is 1.19 bits per heavy atom. The van der Waals surface area contributed by atoms with Gasteiger partial charge >= 0.3 is 0 Å². The Hall–Kier alpha value is -1.58. The van der Waals surface area contributed by atoms with Gasteiger partial charge in [0.1, 0.15) is 5.75 Å². The van der Waals surface area contributed by atoms with Crippen molar-refractivity contribution in [3.05, 3.63) is 29.3 Å². The van der Waals surface area contributed by atoms with Crippen LogP contribution in [0, 0.1) is 12.3 Å². The van der Waals surface area contributed by atoms with Crippen LogP contribution >= 0.6 is 0 Å². The minimum atomic E-state index is -0.480. The molecule has 0 bridgehead atoms. The highest BCUT2D eigenvalue weighted by molar-refractivity contribution is 5.47. The summed E-state index contributed by atoms with van der Waals surface area (Å²) in [6.45, 7) is -0.0951. The van der Waals surface area contributed by atoms with Gasteiger partial charge in [-0.3, -0.25) is 0 Å². The van der Waals surface area contributed by atoms with Gasteiger partial charge in [0, 0.05) is 20.0 Å². The standard InChI is InChI=1S/C21H28O5/c1-3-14-4-5-15(21-12-16(23)11-19(13-22)26-21)10-20(14)25-18-8-6-17(24-2)7-9-18/h1,4-5,10,16-19,21-23H,6-9,11-13H2,2H3. The first kappa shape index (κ1) is 19.2. The maximum atomic E-state index is 10.1. The Balaban J connectivity index is 1.73. The molecular formula is C21H28O5. The fourth-order valence-electron chi connectivity index (χ4n) is 3.84. The predicted octanol–water partition coefficient (Wildman–Crippen LogP) is 2.58. The van der Waals surface area contributed by atoms with Crippen LogP contribution in [0.15, 0.2) is 18.2 Å². The number of terminal acetylenes is 1. The molecule has 3 unspecified atom stereocenters. The number of benzene rings is 1. The lowest BCUT2D eigenvalue weighted by molar-refractivity contribution is -0.113. The molecule has 1 aliphatic carbocycles. The molecule has 0 amide bonds. The number of aliphatic hydroxyl groups is 2. The van der Waals surface area contributed by atoms with Crippen molar-refractivity contribution >= 4 is 0 Å². The van der Waals surface area contributed by atoms with Crippen molar-refractivity contribution in [1.82, 2.24) is 0 Å². The molecule has 0 radical (unpaired) electrons. The van der Waals surface area contributed by atoms with Crippen LogP contribution in [0.5, 0.6) is 5.75 Å². The summed E-state index contributed by atoms with van der Waals surface area (Å²) in [7, 11) is 1.75. The van der Waals surface area contributed by atoms with Gasteiger partial charge in [-0.25, -0.2) is 0 Å². The molecule has 1 aromatic carbocycles.